The third-order valence-electron chi connectivity index (χ3n) is 1.89. The van der Waals surface area contributed by atoms with Crippen molar-refractivity contribution in [1.29, 1.82) is 0 Å². The van der Waals surface area contributed by atoms with Gasteiger partial charge in [0, 0.05) is 5.57 Å². The Morgan fingerprint density at radius 1 is 1.12 bits per heavy atom. The van der Waals surface area contributed by atoms with E-state index in [9.17, 15) is 0 Å². The van der Waals surface area contributed by atoms with Gasteiger partial charge < -0.3 is 0 Å². The Bertz CT molecular complexity index is 352. The van der Waals surface area contributed by atoms with Crippen molar-refractivity contribution in [2.75, 3.05) is 6.54 Å². The van der Waals surface area contributed by atoms with Gasteiger partial charge in [0.05, 0.1) is 0 Å². The molecule has 0 aliphatic rings. The smallest absolute Gasteiger partial charge is 0.173 e. The molecule has 0 aliphatic heterocycles. The SMILES string of the molecule is C=C/C=C\C=C(/C=C)C[N+](C=C)=C/C=C\C. The summed E-state index contributed by atoms with van der Waals surface area (Å²) in [6.07, 6.45) is 17.1. The average molecular weight is 214 g/mol. The van der Waals surface area contributed by atoms with Crippen LogP contribution in [-0.2, 0) is 0 Å². The zero-order valence-electron chi connectivity index (χ0n) is 9.97. The first-order valence-corrected chi connectivity index (χ1v) is 5.23. The molecule has 0 heterocycles. The molecule has 16 heavy (non-hydrogen) atoms. The summed E-state index contributed by atoms with van der Waals surface area (Å²) in [5.41, 5.74) is 1.12. The summed E-state index contributed by atoms with van der Waals surface area (Å²) in [6, 6.07) is 0. The van der Waals surface area contributed by atoms with Crippen molar-refractivity contribution in [3.8, 4) is 0 Å². The van der Waals surface area contributed by atoms with E-state index in [2.05, 4.69) is 19.7 Å². The fraction of sp³-hybridized carbons (Fsp3) is 0.133. The number of hydrogen-bond acceptors (Lipinski definition) is 0. The van der Waals surface area contributed by atoms with Crippen LogP contribution in [0.15, 0.2) is 74.0 Å². The maximum Gasteiger partial charge on any atom is 0.173 e. The van der Waals surface area contributed by atoms with Gasteiger partial charge in [0.25, 0.3) is 0 Å². The molecule has 0 unspecified atom stereocenters. The highest BCUT2D eigenvalue weighted by atomic mass is 15.0. The van der Waals surface area contributed by atoms with Crippen LogP contribution in [0.5, 0.6) is 0 Å². The summed E-state index contributed by atoms with van der Waals surface area (Å²) in [7, 11) is 0. The van der Waals surface area contributed by atoms with E-state index < -0.39 is 0 Å². The lowest BCUT2D eigenvalue weighted by molar-refractivity contribution is -0.440. The lowest BCUT2D eigenvalue weighted by atomic mass is 10.2. The lowest BCUT2D eigenvalue weighted by Gasteiger charge is -1.97. The molecule has 0 aromatic rings. The predicted molar refractivity (Wildman–Crippen MR) is 73.8 cm³/mol. The van der Waals surface area contributed by atoms with Crippen molar-refractivity contribution in [1.82, 2.24) is 0 Å². The summed E-state index contributed by atoms with van der Waals surface area (Å²) in [5, 5.41) is 0. The van der Waals surface area contributed by atoms with Crippen LogP contribution in [0.3, 0.4) is 0 Å². The largest absolute Gasteiger partial charge is 0.201 e. The number of rotatable bonds is 7. The van der Waals surface area contributed by atoms with Crippen LogP contribution < -0.4 is 0 Å². The monoisotopic (exact) mass is 214 g/mol. The Hall–Kier alpha value is -1.89. The lowest BCUT2D eigenvalue weighted by Crippen LogP contribution is -2.07. The van der Waals surface area contributed by atoms with Gasteiger partial charge in [-0.3, -0.25) is 0 Å². The molecule has 0 aromatic carbocycles. The van der Waals surface area contributed by atoms with Gasteiger partial charge in [-0.25, -0.2) is 4.58 Å². The molecule has 0 aliphatic carbocycles. The summed E-state index contributed by atoms with van der Waals surface area (Å²) < 4.78 is 2.00. The van der Waals surface area contributed by atoms with Gasteiger partial charge >= 0.3 is 0 Å². The fourth-order valence-electron chi connectivity index (χ4n) is 1.03. The zero-order chi connectivity index (χ0) is 12.2. The van der Waals surface area contributed by atoms with Crippen molar-refractivity contribution in [3.05, 3.63) is 74.0 Å². The van der Waals surface area contributed by atoms with E-state index in [1.165, 1.54) is 0 Å². The number of allylic oxidation sites excluding steroid dienone is 6. The third kappa shape index (κ3) is 6.55. The summed E-state index contributed by atoms with van der Waals surface area (Å²) in [6.45, 7) is 13.9. The molecule has 0 rings (SSSR count). The second-order valence-electron chi connectivity index (χ2n) is 3.10. The highest BCUT2D eigenvalue weighted by Gasteiger charge is 1.99. The molecule has 1 heteroatoms. The minimum atomic E-state index is 0.763. The molecular formula is C15H20N+. The summed E-state index contributed by atoms with van der Waals surface area (Å²) >= 11 is 0. The first-order chi connectivity index (χ1) is 7.78. The summed E-state index contributed by atoms with van der Waals surface area (Å²) in [4.78, 5) is 0. The normalized spacial score (nSPS) is 13.3. The van der Waals surface area contributed by atoms with Crippen LogP contribution in [0.25, 0.3) is 0 Å². The van der Waals surface area contributed by atoms with Gasteiger partial charge in [0.2, 0.25) is 0 Å². The van der Waals surface area contributed by atoms with Crippen LogP contribution >= 0.6 is 0 Å². The third-order valence-corrected chi connectivity index (χ3v) is 1.89. The molecule has 0 spiro atoms. The molecule has 0 saturated heterocycles. The van der Waals surface area contributed by atoms with Crippen molar-refractivity contribution >= 4 is 6.21 Å². The molecule has 0 aromatic heterocycles. The van der Waals surface area contributed by atoms with E-state index in [1.807, 2.05) is 54.2 Å². The van der Waals surface area contributed by atoms with Crippen LogP contribution in [0, 0.1) is 0 Å². The highest BCUT2D eigenvalue weighted by molar-refractivity contribution is 5.66. The fourth-order valence-corrected chi connectivity index (χ4v) is 1.03. The van der Waals surface area contributed by atoms with E-state index in [1.54, 1.807) is 12.3 Å². The van der Waals surface area contributed by atoms with Crippen molar-refractivity contribution in [2.24, 2.45) is 0 Å². The van der Waals surface area contributed by atoms with E-state index >= 15 is 0 Å². The van der Waals surface area contributed by atoms with Gasteiger partial charge in [-0.2, -0.15) is 0 Å². The molecule has 0 radical (unpaired) electrons. The zero-order valence-corrected chi connectivity index (χ0v) is 9.97. The molecule has 0 bridgehead atoms. The maximum absolute atomic E-state index is 3.79. The van der Waals surface area contributed by atoms with E-state index in [-0.39, 0.29) is 0 Å². The molecule has 0 N–H and O–H groups in total. The average Bonchev–Trinajstić information content (AvgIpc) is 2.32. The second-order valence-corrected chi connectivity index (χ2v) is 3.10. The first kappa shape index (κ1) is 14.1. The Morgan fingerprint density at radius 3 is 2.38 bits per heavy atom. The standard InChI is InChI=1S/C15H20N/c1-5-9-11-12-15(7-3)14-16(8-4)13-10-6-2/h5-13H,1,3-4,14H2,2H3/q+1/b10-6-,11-9-,15-12+,16-13?. The number of hydrogen-bond donors (Lipinski definition) is 0. The molecule has 0 atom stereocenters. The van der Waals surface area contributed by atoms with Gasteiger partial charge in [-0.15, -0.1) is 0 Å². The van der Waals surface area contributed by atoms with Crippen LogP contribution in [0.1, 0.15) is 6.92 Å². The predicted octanol–water partition coefficient (Wildman–Crippen LogP) is 3.64. The molecule has 1 nitrogen and oxygen atoms in total. The van der Waals surface area contributed by atoms with Gasteiger partial charge in [0.1, 0.15) is 0 Å². The Kier molecular flexibility index (Phi) is 8.52. The molecule has 84 valence electrons. The highest BCUT2D eigenvalue weighted by Crippen LogP contribution is 1.98. The first-order valence-electron chi connectivity index (χ1n) is 5.23. The van der Waals surface area contributed by atoms with Crippen molar-refractivity contribution in [3.63, 3.8) is 0 Å². The van der Waals surface area contributed by atoms with Crippen LogP contribution in [0.2, 0.25) is 0 Å². The quantitative estimate of drug-likeness (QED) is 0.346. The molecular weight excluding hydrogens is 194 g/mol. The molecule has 0 saturated carbocycles. The molecule has 0 amide bonds. The Labute approximate surface area is 98.8 Å². The minimum absolute atomic E-state index is 0.763. The van der Waals surface area contributed by atoms with Crippen molar-refractivity contribution < 1.29 is 4.58 Å². The summed E-state index contributed by atoms with van der Waals surface area (Å²) in [5.74, 6) is 0. The van der Waals surface area contributed by atoms with E-state index in [4.69, 9.17) is 0 Å². The minimum Gasteiger partial charge on any atom is -0.201 e. The number of nitrogens with zero attached hydrogens (tertiary/aromatic N) is 1. The second kappa shape index (κ2) is 9.66. The maximum atomic E-state index is 3.79. The van der Waals surface area contributed by atoms with Gasteiger partial charge in [-0.1, -0.05) is 49.6 Å². The van der Waals surface area contributed by atoms with Gasteiger partial charge in [-0.05, 0) is 19.6 Å². The van der Waals surface area contributed by atoms with Crippen LogP contribution in [-0.4, -0.2) is 17.3 Å². The Balaban J connectivity index is 4.68. The topological polar surface area (TPSA) is 3.01 Å². The Morgan fingerprint density at radius 2 is 1.88 bits per heavy atom. The van der Waals surface area contributed by atoms with E-state index in [0.29, 0.717) is 0 Å². The van der Waals surface area contributed by atoms with Gasteiger partial charge in [0.15, 0.2) is 19.0 Å². The molecule has 0 fully saturated rings. The van der Waals surface area contributed by atoms with Crippen molar-refractivity contribution in [2.45, 2.75) is 6.92 Å². The van der Waals surface area contributed by atoms with E-state index in [0.717, 1.165) is 12.1 Å². The van der Waals surface area contributed by atoms with Crippen LogP contribution in [0.4, 0.5) is 0 Å².